The Labute approximate surface area is 213 Å². The van der Waals surface area contributed by atoms with Crippen LogP contribution in [0.3, 0.4) is 0 Å². The number of anilines is 1. The Morgan fingerprint density at radius 3 is 2.22 bits per heavy atom. The summed E-state index contributed by atoms with van der Waals surface area (Å²) in [7, 11) is 3.41. The summed E-state index contributed by atoms with van der Waals surface area (Å²) >= 11 is 0. The number of ether oxygens (including phenoxy) is 2. The van der Waals surface area contributed by atoms with Crippen molar-refractivity contribution in [3.8, 4) is 5.75 Å². The van der Waals surface area contributed by atoms with E-state index < -0.39 is 5.92 Å². The summed E-state index contributed by atoms with van der Waals surface area (Å²) in [5.74, 6) is -0.966. The van der Waals surface area contributed by atoms with Gasteiger partial charge in [-0.3, -0.25) is 0 Å². The Kier molecular flexibility index (Phi) is 7.55. The van der Waals surface area contributed by atoms with Gasteiger partial charge in [-0.15, -0.1) is 0 Å². The molecule has 1 aliphatic heterocycles. The first kappa shape index (κ1) is 25.5. The summed E-state index contributed by atoms with van der Waals surface area (Å²) in [5, 5.41) is 10.1. The van der Waals surface area contributed by atoms with E-state index in [1.165, 1.54) is 22.4 Å². The molecule has 1 heterocycles. The fourth-order valence-electron chi connectivity index (χ4n) is 7.06. The molecule has 6 heteroatoms. The zero-order chi connectivity index (χ0) is 25.3. The molecule has 0 aromatic heterocycles. The molecule has 3 aliphatic rings. The maximum atomic E-state index is 13.9. The van der Waals surface area contributed by atoms with Gasteiger partial charge in [0.2, 0.25) is 5.92 Å². The average molecular weight is 500 g/mol. The topological polar surface area (TPSA) is 41.9 Å². The van der Waals surface area contributed by atoms with Crippen LogP contribution in [-0.4, -0.2) is 44.6 Å². The maximum Gasteiger partial charge on any atom is 0.248 e. The van der Waals surface area contributed by atoms with Crippen molar-refractivity contribution in [2.75, 3.05) is 32.2 Å². The van der Waals surface area contributed by atoms with Gasteiger partial charge >= 0.3 is 0 Å². The first-order valence-electron chi connectivity index (χ1n) is 13.5. The van der Waals surface area contributed by atoms with Gasteiger partial charge in [0.25, 0.3) is 0 Å². The van der Waals surface area contributed by atoms with Crippen molar-refractivity contribution in [2.24, 2.45) is 17.8 Å². The Hall–Kier alpha value is -2.18. The SMILES string of the molecule is COC(OC)C1CCN(c2ccc(C3c4ccc(O)cc4CC[C@@H]3C3CCC(F)(F)CC3)cc2)CC1. The molecule has 0 radical (unpaired) electrons. The third kappa shape index (κ3) is 5.26. The third-order valence-electron chi connectivity index (χ3n) is 9.01. The lowest BCUT2D eigenvalue weighted by molar-refractivity contribution is -0.141. The molecule has 1 unspecified atom stereocenters. The van der Waals surface area contributed by atoms with E-state index in [-0.39, 0.29) is 25.0 Å². The highest BCUT2D eigenvalue weighted by Crippen LogP contribution is 2.50. The van der Waals surface area contributed by atoms with E-state index >= 15 is 0 Å². The van der Waals surface area contributed by atoms with Crippen molar-refractivity contribution in [1.82, 2.24) is 0 Å². The molecule has 36 heavy (non-hydrogen) atoms. The van der Waals surface area contributed by atoms with Crippen LogP contribution in [0.15, 0.2) is 42.5 Å². The number of aryl methyl sites for hydroxylation is 1. The predicted octanol–water partition coefficient (Wildman–Crippen LogP) is 6.75. The second-order valence-electron chi connectivity index (χ2n) is 11.0. The van der Waals surface area contributed by atoms with Crippen LogP contribution < -0.4 is 4.90 Å². The number of halogens is 2. The third-order valence-corrected chi connectivity index (χ3v) is 9.01. The number of aromatic hydroxyl groups is 1. The Bertz CT molecular complexity index is 1010. The summed E-state index contributed by atoms with van der Waals surface area (Å²) < 4.78 is 38.8. The zero-order valence-electron chi connectivity index (χ0n) is 21.5. The number of hydrogen-bond donors (Lipinski definition) is 1. The van der Waals surface area contributed by atoms with Gasteiger partial charge in [0, 0.05) is 57.7 Å². The normalized spacial score (nSPS) is 25.2. The molecule has 1 N–H and O–H groups in total. The number of phenolic OH excluding ortho intramolecular Hbond substituents is 1. The molecule has 1 saturated carbocycles. The van der Waals surface area contributed by atoms with E-state index in [9.17, 15) is 13.9 Å². The van der Waals surface area contributed by atoms with Crippen molar-refractivity contribution >= 4 is 5.69 Å². The quantitative estimate of drug-likeness (QED) is 0.447. The van der Waals surface area contributed by atoms with Gasteiger partial charge in [-0.1, -0.05) is 18.2 Å². The highest BCUT2D eigenvalue weighted by Gasteiger charge is 2.42. The summed E-state index contributed by atoms with van der Waals surface area (Å²) in [5.41, 5.74) is 4.91. The van der Waals surface area contributed by atoms with Crippen molar-refractivity contribution in [3.63, 3.8) is 0 Å². The number of benzene rings is 2. The monoisotopic (exact) mass is 499 g/mol. The van der Waals surface area contributed by atoms with Crippen LogP contribution in [0.5, 0.6) is 5.75 Å². The molecule has 5 rings (SSSR count). The van der Waals surface area contributed by atoms with Gasteiger partial charge < -0.3 is 19.5 Å². The van der Waals surface area contributed by atoms with Gasteiger partial charge in [0.05, 0.1) is 0 Å². The molecule has 0 bridgehead atoms. The molecular weight excluding hydrogens is 460 g/mol. The van der Waals surface area contributed by atoms with Gasteiger partial charge in [-0.05, 0) is 91.3 Å². The molecule has 2 atom stereocenters. The van der Waals surface area contributed by atoms with Crippen molar-refractivity contribution in [1.29, 1.82) is 0 Å². The van der Waals surface area contributed by atoms with Gasteiger partial charge in [0.15, 0.2) is 6.29 Å². The van der Waals surface area contributed by atoms with Crippen molar-refractivity contribution in [3.05, 3.63) is 59.2 Å². The standard InChI is InChI=1S/C30H39F2NO3/c1-35-29(36-2)22-13-17-33(18-14-22)24-6-3-21(4-7-24)28-26(20-11-15-30(31,32)16-12-20)9-5-23-19-25(34)8-10-27(23)28/h3-4,6-8,10,19-20,22,26,28-29,34H,5,9,11-18H2,1-2H3/t26-,28?/m1/s1. The van der Waals surface area contributed by atoms with Gasteiger partial charge in [-0.2, -0.15) is 0 Å². The molecule has 4 nitrogen and oxygen atoms in total. The minimum atomic E-state index is -2.51. The second kappa shape index (κ2) is 10.7. The molecular formula is C30H39F2NO3. The Balaban J connectivity index is 1.36. The molecule has 196 valence electrons. The fraction of sp³-hybridized carbons (Fsp3) is 0.600. The number of methoxy groups -OCH3 is 2. The zero-order valence-corrected chi connectivity index (χ0v) is 21.5. The lowest BCUT2D eigenvalue weighted by Gasteiger charge is -2.42. The van der Waals surface area contributed by atoms with Crippen LogP contribution in [-0.2, 0) is 15.9 Å². The number of rotatable bonds is 6. The van der Waals surface area contributed by atoms with Crippen molar-refractivity contribution < 1.29 is 23.4 Å². The second-order valence-corrected chi connectivity index (χ2v) is 11.0. The minimum Gasteiger partial charge on any atom is -0.508 e. The van der Waals surface area contributed by atoms with Crippen LogP contribution in [0.2, 0.25) is 0 Å². The summed E-state index contributed by atoms with van der Waals surface area (Å²) in [4.78, 5) is 2.43. The molecule has 2 fully saturated rings. The largest absolute Gasteiger partial charge is 0.508 e. The lowest BCUT2D eigenvalue weighted by Crippen LogP contribution is -2.39. The number of piperidine rings is 1. The van der Waals surface area contributed by atoms with E-state index in [0.29, 0.717) is 36.3 Å². The summed E-state index contributed by atoms with van der Waals surface area (Å²) in [6.45, 7) is 1.94. The first-order chi connectivity index (χ1) is 17.4. The molecule has 0 spiro atoms. The van der Waals surface area contributed by atoms with Crippen LogP contribution >= 0.6 is 0 Å². The van der Waals surface area contributed by atoms with Crippen LogP contribution in [0.1, 0.15) is 67.6 Å². The molecule has 2 aromatic carbocycles. The van der Waals surface area contributed by atoms with Crippen LogP contribution in [0.4, 0.5) is 14.5 Å². The first-order valence-corrected chi connectivity index (χ1v) is 13.5. The van der Waals surface area contributed by atoms with E-state index in [2.05, 4.69) is 35.2 Å². The summed E-state index contributed by atoms with van der Waals surface area (Å²) in [6, 6.07) is 14.6. The molecule has 0 amide bonds. The van der Waals surface area contributed by atoms with Crippen LogP contribution in [0, 0.1) is 17.8 Å². The molecule has 2 aliphatic carbocycles. The molecule has 1 saturated heterocycles. The average Bonchev–Trinajstić information content (AvgIpc) is 2.89. The number of phenols is 1. The highest BCUT2D eigenvalue weighted by molar-refractivity contribution is 5.51. The van der Waals surface area contributed by atoms with E-state index in [1.54, 1.807) is 20.3 Å². The number of nitrogens with zero attached hydrogens (tertiary/aromatic N) is 1. The number of fused-ring (bicyclic) bond motifs is 1. The van der Waals surface area contributed by atoms with E-state index in [1.807, 2.05) is 6.07 Å². The highest BCUT2D eigenvalue weighted by atomic mass is 19.3. The van der Waals surface area contributed by atoms with Gasteiger partial charge in [-0.25, -0.2) is 8.78 Å². The lowest BCUT2D eigenvalue weighted by atomic mass is 9.64. The predicted molar refractivity (Wildman–Crippen MR) is 138 cm³/mol. The summed E-state index contributed by atoms with van der Waals surface area (Å²) in [6.07, 6.45) is 5.00. The van der Waals surface area contributed by atoms with E-state index in [4.69, 9.17) is 9.47 Å². The Morgan fingerprint density at radius 2 is 1.58 bits per heavy atom. The molecule has 2 aromatic rings. The van der Waals surface area contributed by atoms with Gasteiger partial charge in [0.1, 0.15) is 5.75 Å². The Morgan fingerprint density at radius 1 is 0.917 bits per heavy atom. The van der Waals surface area contributed by atoms with Crippen molar-refractivity contribution in [2.45, 2.75) is 69.5 Å². The smallest absolute Gasteiger partial charge is 0.248 e. The van der Waals surface area contributed by atoms with Crippen LogP contribution in [0.25, 0.3) is 0 Å². The van der Waals surface area contributed by atoms with E-state index in [0.717, 1.165) is 38.8 Å². The maximum absolute atomic E-state index is 13.9. The number of alkyl halides is 2. The minimum absolute atomic E-state index is 0.00517. The fourth-order valence-corrected chi connectivity index (χ4v) is 7.06. The number of hydrogen-bond acceptors (Lipinski definition) is 4.